The zero-order valence-electron chi connectivity index (χ0n) is 10.3. The second-order valence-corrected chi connectivity index (χ2v) is 4.09. The normalized spacial score (nSPS) is 12.5. The molecule has 1 aromatic heterocycles. The highest BCUT2D eigenvalue weighted by Gasteiger charge is 2.13. The molecular formula is C12H13N3O4. The summed E-state index contributed by atoms with van der Waals surface area (Å²) in [7, 11) is 1.49. The molecule has 7 heteroatoms. The molecule has 0 aliphatic heterocycles. The Bertz CT molecular complexity index is 603. The van der Waals surface area contributed by atoms with E-state index in [-0.39, 0.29) is 18.7 Å². The van der Waals surface area contributed by atoms with Crippen LogP contribution < -0.4 is 0 Å². The molecule has 1 N–H and O–H groups in total. The van der Waals surface area contributed by atoms with Crippen LogP contribution in [-0.2, 0) is 11.2 Å². The minimum Gasteiger partial charge on any atom is -0.390 e. The highest BCUT2D eigenvalue weighted by atomic mass is 16.6. The van der Waals surface area contributed by atoms with Crippen LogP contribution in [0, 0.1) is 10.1 Å². The number of methoxy groups -OCH3 is 1. The fraction of sp³-hybridized carbons (Fsp3) is 0.333. The molecule has 0 spiro atoms. The number of aromatic nitrogens is 2. The van der Waals surface area contributed by atoms with Gasteiger partial charge in [-0.25, -0.2) is 9.97 Å². The van der Waals surface area contributed by atoms with Gasteiger partial charge in [-0.1, -0.05) is 0 Å². The highest BCUT2D eigenvalue weighted by molar-refractivity contribution is 5.83. The van der Waals surface area contributed by atoms with Crippen molar-refractivity contribution in [2.24, 2.45) is 0 Å². The first-order chi connectivity index (χ1) is 9.11. The predicted molar refractivity (Wildman–Crippen MR) is 67.8 cm³/mol. The monoisotopic (exact) mass is 263 g/mol. The summed E-state index contributed by atoms with van der Waals surface area (Å²) in [4.78, 5) is 18.4. The van der Waals surface area contributed by atoms with Crippen molar-refractivity contribution in [3.05, 3.63) is 40.3 Å². The Balaban J connectivity index is 2.42. The van der Waals surface area contributed by atoms with E-state index in [1.807, 2.05) is 0 Å². The van der Waals surface area contributed by atoms with Crippen LogP contribution in [0.2, 0.25) is 0 Å². The molecule has 1 unspecified atom stereocenters. The molecule has 0 bridgehead atoms. The van der Waals surface area contributed by atoms with Crippen molar-refractivity contribution in [3.8, 4) is 0 Å². The third kappa shape index (κ3) is 3.01. The minimum absolute atomic E-state index is 0.0234. The van der Waals surface area contributed by atoms with E-state index in [0.29, 0.717) is 16.6 Å². The Hall–Kier alpha value is -2.12. The van der Waals surface area contributed by atoms with E-state index in [0.717, 1.165) is 0 Å². The van der Waals surface area contributed by atoms with Crippen molar-refractivity contribution in [3.63, 3.8) is 0 Å². The molecule has 1 heterocycles. The SMILES string of the molecule is COCC(O)Cc1ncnc2ccc([N+](=O)[O-])cc12. The van der Waals surface area contributed by atoms with E-state index in [1.54, 1.807) is 6.07 Å². The van der Waals surface area contributed by atoms with Gasteiger partial charge in [-0.15, -0.1) is 0 Å². The molecule has 1 aromatic carbocycles. The van der Waals surface area contributed by atoms with Crippen LogP contribution >= 0.6 is 0 Å². The lowest BCUT2D eigenvalue weighted by molar-refractivity contribution is -0.384. The quantitative estimate of drug-likeness (QED) is 0.640. The van der Waals surface area contributed by atoms with Crippen molar-refractivity contribution in [2.75, 3.05) is 13.7 Å². The van der Waals surface area contributed by atoms with E-state index < -0.39 is 11.0 Å². The number of hydrogen-bond donors (Lipinski definition) is 1. The summed E-state index contributed by atoms with van der Waals surface area (Å²) < 4.78 is 4.85. The number of fused-ring (bicyclic) bond motifs is 1. The first kappa shape index (κ1) is 13.3. The van der Waals surface area contributed by atoms with Crippen LogP contribution in [0.5, 0.6) is 0 Å². The molecule has 2 rings (SSSR count). The lowest BCUT2D eigenvalue weighted by Gasteiger charge is -2.10. The van der Waals surface area contributed by atoms with Crippen LogP contribution in [0.15, 0.2) is 24.5 Å². The van der Waals surface area contributed by atoms with E-state index in [4.69, 9.17) is 4.74 Å². The number of aliphatic hydroxyl groups excluding tert-OH is 1. The number of nitrogens with zero attached hydrogens (tertiary/aromatic N) is 3. The number of benzene rings is 1. The third-order valence-corrected chi connectivity index (χ3v) is 2.70. The first-order valence-electron chi connectivity index (χ1n) is 5.67. The van der Waals surface area contributed by atoms with Crippen molar-refractivity contribution >= 4 is 16.6 Å². The van der Waals surface area contributed by atoms with E-state index in [2.05, 4.69) is 9.97 Å². The minimum atomic E-state index is -0.706. The predicted octanol–water partition coefficient (Wildman–Crippen LogP) is 1.09. The second-order valence-electron chi connectivity index (χ2n) is 4.09. The van der Waals surface area contributed by atoms with Gasteiger partial charge in [0.2, 0.25) is 0 Å². The molecular weight excluding hydrogens is 250 g/mol. The zero-order valence-corrected chi connectivity index (χ0v) is 10.3. The zero-order chi connectivity index (χ0) is 13.8. The maximum Gasteiger partial charge on any atom is 0.270 e. The summed E-state index contributed by atoms with van der Waals surface area (Å²) in [5.74, 6) is 0. The average Bonchev–Trinajstić information content (AvgIpc) is 2.38. The van der Waals surface area contributed by atoms with Crippen LogP contribution in [0.25, 0.3) is 10.9 Å². The van der Waals surface area contributed by atoms with Gasteiger partial charge in [-0.2, -0.15) is 0 Å². The standard InChI is InChI=1S/C12H13N3O4/c1-19-6-9(16)5-12-10-4-8(15(17)18)2-3-11(10)13-7-14-12/h2-4,7,9,16H,5-6H2,1H3. The average molecular weight is 263 g/mol. The van der Waals surface area contributed by atoms with Crippen LogP contribution in [0.3, 0.4) is 0 Å². The number of hydrogen-bond acceptors (Lipinski definition) is 6. The third-order valence-electron chi connectivity index (χ3n) is 2.70. The molecule has 0 fully saturated rings. The van der Waals surface area contributed by atoms with Crippen LogP contribution in [0.1, 0.15) is 5.69 Å². The van der Waals surface area contributed by atoms with E-state index in [1.165, 1.54) is 25.6 Å². The van der Waals surface area contributed by atoms with Gasteiger partial charge in [0.15, 0.2) is 0 Å². The first-order valence-corrected chi connectivity index (χ1v) is 5.67. The Morgan fingerprint density at radius 3 is 2.95 bits per heavy atom. The smallest absolute Gasteiger partial charge is 0.270 e. The number of non-ortho nitro benzene ring substituents is 1. The van der Waals surface area contributed by atoms with Crippen LogP contribution in [-0.4, -0.2) is 39.8 Å². The summed E-state index contributed by atoms with van der Waals surface area (Å²) in [6, 6.07) is 4.39. The van der Waals surface area contributed by atoms with E-state index >= 15 is 0 Å². The van der Waals surface area contributed by atoms with Crippen molar-refractivity contribution < 1.29 is 14.8 Å². The molecule has 0 aliphatic rings. The summed E-state index contributed by atoms with van der Waals surface area (Å²) >= 11 is 0. The van der Waals surface area contributed by atoms with Crippen molar-refractivity contribution in [1.29, 1.82) is 0 Å². The van der Waals surface area contributed by atoms with Crippen molar-refractivity contribution in [2.45, 2.75) is 12.5 Å². The van der Waals surface area contributed by atoms with Gasteiger partial charge in [0.05, 0.1) is 28.8 Å². The summed E-state index contributed by atoms with van der Waals surface area (Å²) in [6.07, 6.45) is 0.930. The lowest BCUT2D eigenvalue weighted by Crippen LogP contribution is -2.18. The molecule has 0 saturated heterocycles. The molecule has 1 atom stereocenters. The molecule has 0 amide bonds. The molecule has 100 valence electrons. The van der Waals surface area contributed by atoms with Gasteiger partial charge in [0, 0.05) is 31.0 Å². The Morgan fingerprint density at radius 1 is 1.47 bits per heavy atom. The molecule has 0 radical (unpaired) electrons. The second kappa shape index (κ2) is 5.68. The number of ether oxygens (including phenoxy) is 1. The van der Waals surface area contributed by atoms with Gasteiger partial charge in [0.25, 0.3) is 5.69 Å². The summed E-state index contributed by atoms with van der Waals surface area (Å²) in [6.45, 7) is 0.181. The van der Waals surface area contributed by atoms with Gasteiger partial charge in [0.1, 0.15) is 6.33 Å². The molecule has 0 aliphatic carbocycles. The Labute approximate surface area is 109 Å². The number of nitro groups is 1. The maximum atomic E-state index is 10.8. The van der Waals surface area contributed by atoms with Crippen LogP contribution in [0.4, 0.5) is 5.69 Å². The van der Waals surface area contributed by atoms with Gasteiger partial charge in [-0.3, -0.25) is 10.1 Å². The van der Waals surface area contributed by atoms with Gasteiger partial charge < -0.3 is 9.84 Å². The van der Waals surface area contributed by atoms with Crippen molar-refractivity contribution in [1.82, 2.24) is 9.97 Å². The largest absolute Gasteiger partial charge is 0.390 e. The molecule has 0 saturated carbocycles. The number of rotatable bonds is 5. The number of nitro benzene ring substituents is 1. The maximum absolute atomic E-state index is 10.8. The van der Waals surface area contributed by atoms with E-state index in [9.17, 15) is 15.2 Å². The fourth-order valence-electron chi connectivity index (χ4n) is 1.85. The summed E-state index contributed by atoms with van der Waals surface area (Å²) in [5.41, 5.74) is 1.16. The highest BCUT2D eigenvalue weighted by Crippen LogP contribution is 2.22. The molecule has 2 aromatic rings. The molecule has 7 nitrogen and oxygen atoms in total. The Morgan fingerprint density at radius 2 is 2.26 bits per heavy atom. The lowest BCUT2D eigenvalue weighted by atomic mass is 10.1. The molecule has 19 heavy (non-hydrogen) atoms. The Kier molecular flexibility index (Phi) is 3.98. The number of aliphatic hydroxyl groups is 1. The van der Waals surface area contributed by atoms with Gasteiger partial charge in [-0.05, 0) is 6.07 Å². The van der Waals surface area contributed by atoms with Gasteiger partial charge >= 0.3 is 0 Å². The summed E-state index contributed by atoms with van der Waals surface area (Å²) in [5, 5.41) is 21.1. The fourth-order valence-corrected chi connectivity index (χ4v) is 1.85. The topological polar surface area (TPSA) is 98.4 Å².